The van der Waals surface area contributed by atoms with Crippen LogP contribution in [-0.4, -0.2) is 18.0 Å². The molecule has 0 fully saturated rings. The number of primary amides is 1. The number of benzene rings is 1. The average Bonchev–Trinajstić information content (AvgIpc) is 2.21. The fourth-order valence-corrected chi connectivity index (χ4v) is 1.61. The van der Waals surface area contributed by atoms with Gasteiger partial charge in [-0.1, -0.05) is 17.7 Å². The molecule has 1 rings (SSSR count). The van der Waals surface area contributed by atoms with E-state index in [1.165, 1.54) is 11.8 Å². The molecule has 0 radical (unpaired) electrons. The van der Waals surface area contributed by atoms with Crippen molar-refractivity contribution in [1.82, 2.24) is 5.43 Å². The molecule has 1 aromatic rings. The number of hydrogen-bond acceptors (Lipinski definition) is 3. The average molecular weight is 233 g/mol. The Hall–Kier alpha value is -2.17. The zero-order valence-electron chi connectivity index (χ0n) is 10.1. The lowest BCUT2D eigenvalue weighted by Crippen LogP contribution is -2.32. The summed E-state index contributed by atoms with van der Waals surface area (Å²) in [5.74, 6) is -1.98. The summed E-state index contributed by atoms with van der Waals surface area (Å²) in [7, 11) is 0. The molecule has 0 aliphatic carbocycles. The quantitative estimate of drug-likeness (QED) is 0.444. The van der Waals surface area contributed by atoms with Crippen molar-refractivity contribution < 1.29 is 9.59 Å². The number of hydrogen-bond donors (Lipinski definition) is 2. The molecule has 0 heterocycles. The van der Waals surface area contributed by atoms with Gasteiger partial charge in [0.25, 0.3) is 0 Å². The van der Waals surface area contributed by atoms with Gasteiger partial charge in [0.2, 0.25) is 0 Å². The predicted molar refractivity (Wildman–Crippen MR) is 65.6 cm³/mol. The van der Waals surface area contributed by atoms with Gasteiger partial charge in [-0.25, -0.2) is 5.43 Å². The highest BCUT2D eigenvalue weighted by Crippen LogP contribution is 2.13. The summed E-state index contributed by atoms with van der Waals surface area (Å²) in [5.41, 5.74) is 11.0. The van der Waals surface area contributed by atoms with Crippen LogP contribution in [0.5, 0.6) is 0 Å². The summed E-state index contributed by atoms with van der Waals surface area (Å²) in [6.45, 7) is 5.92. The molecule has 0 atom stereocenters. The van der Waals surface area contributed by atoms with E-state index in [9.17, 15) is 9.59 Å². The number of aryl methyl sites for hydroxylation is 3. The van der Waals surface area contributed by atoms with E-state index < -0.39 is 11.8 Å². The summed E-state index contributed by atoms with van der Waals surface area (Å²) < 4.78 is 0. The molecule has 0 unspecified atom stereocenters. The third kappa shape index (κ3) is 3.41. The van der Waals surface area contributed by atoms with Crippen LogP contribution >= 0.6 is 0 Å². The van der Waals surface area contributed by atoms with E-state index in [1.54, 1.807) is 0 Å². The summed E-state index contributed by atoms with van der Waals surface area (Å²) >= 11 is 0. The molecule has 0 aliphatic heterocycles. The van der Waals surface area contributed by atoms with Gasteiger partial charge in [-0.2, -0.15) is 5.10 Å². The summed E-state index contributed by atoms with van der Waals surface area (Å²) in [5, 5.41) is 3.69. The first-order chi connectivity index (χ1) is 7.91. The van der Waals surface area contributed by atoms with Crippen molar-refractivity contribution in [3.8, 4) is 0 Å². The number of hydrazone groups is 1. The Kier molecular flexibility index (Phi) is 3.98. The van der Waals surface area contributed by atoms with E-state index in [0.717, 1.165) is 16.7 Å². The van der Waals surface area contributed by atoms with Crippen LogP contribution in [-0.2, 0) is 9.59 Å². The van der Waals surface area contributed by atoms with Gasteiger partial charge in [0, 0.05) is 5.56 Å². The molecule has 5 heteroatoms. The minimum Gasteiger partial charge on any atom is -0.361 e. The van der Waals surface area contributed by atoms with Crippen LogP contribution in [0.15, 0.2) is 17.2 Å². The molecule has 0 bridgehead atoms. The third-order valence-electron chi connectivity index (χ3n) is 2.32. The van der Waals surface area contributed by atoms with Crippen molar-refractivity contribution in [1.29, 1.82) is 0 Å². The number of nitrogens with one attached hydrogen (secondary N) is 1. The van der Waals surface area contributed by atoms with Crippen molar-refractivity contribution in [2.24, 2.45) is 10.8 Å². The number of nitrogens with zero attached hydrogens (tertiary/aromatic N) is 1. The van der Waals surface area contributed by atoms with Crippen LogP contribution in [0.2, 0.25) is 0 Å². The van der Waals surface area contributed by atoms with Crippen LogP contribution in [0.4, 0.5) is 0 Å². The molecule has 0 saturated carbocycles. The normalized spacial score (nSPS) is 10.5. The fourth-order valence-electron chi connectivity index (χ4n) is 1.61. The van der Waals surface area contributed by atoms with Gasteiger partial charge in [0.15, 0.2) is 0 Å². The molecular weight excluding hydrogens is 218 g/mol. The lowest BCUT2D eigenvalue weighted by atomic mass is 10.0. The standard InChI is InChI=1S/C12H15N3O2/c1-7-4-8(2)10(9(3)5-7)6-14-15-12(17)11(13)16/h4-6H,1-3H3,(H2,13,16)(H,15,17)/b14-6-. The maximum Gasteiger partial charge on any atom is 0.329 e. The van der Waals surface area contributed by atoms with Gasteiger partial charge in [-0.15, -0.1) is 0 Å². The van der Waals surface area contributed by atoms with Crippen molar-refractivity contribution >= 4 is 18.0 Å². The van der Waals surface area contributed by atoms with Crippen LogP contribution in [0.25, 0.3) is 0 Å². The highest BCUT2D eigenvalue weighted by molar-refractivity contribution is 6.34. The van der Waals surface area contributed by atoms with E-state index >= 15 is 0 Å². The van der Waals surface area contributed by atoms with Crippen LogP contribution in [0.3, 0.4) is 0 Å². The zero-order valence-corrected chi connectivity index (χ0v) is 10.1. The Bertz CT molecular complexity index is 470. The summed E-state index contributed by atoms with van der Waals surface area (Å²) in [4.78, 5) is 21.3. The van der Waals surface area contributed by atoms with E-state index in [2.05, 4.69) is 10.5 Å². The molecule has 0 aromatic heterocycles. The number of carbonyl (C=O) groups is 2. The Balaban J connectivity index is 2.85. The molecule has 5 nitrogen and oxygen atoms in total. The SMILES string of the molecule is Cc1cc(C)c(/C=N\NC(=O)C(N)=O)c(C)c1. The van der Waals surface area contributed by atoms with Gasteiger partial charge in [-0.05, 0) is 31.9 Å². The molecule has 3 N–H and O–H groups in total. The molecular formula is C12H15N3O2. The highest BCUT2D eigenvalue weighted by Gasteiger charge is 2.06. The second-order valence-electron chi connectivity index (χ2n) is 3.88. The number of nitrogens with two attached hydrogens (primary N) is 1. The number of amides is 2. The van der Waals surface area contributed by atoms with Crippen LogP contribution in [0, 0.1) is 20.8 Å². The van der Waals surface area contributed by atoms with Crippen LogP contribution in [0.1, 0.15) is 22.3 Å². The minimum atomic E-state index is -1.06. The molecule has 0 saturated heterocycles. The largest absolute Gasteiger partial charge is 0.361 e. The van der Waals surface area contributed by atoms with Gasteiger partial charge < -0.3 is 5.73 Å². The lowest BCUT2D eigenvalue weighted by molar-refractivity contribution is -0.137. The highest BCUT2D eigenvalue weighted by atomic mass is 16.2. The molecule has 1 aromatic carbocycles. The topological polar surface area (TPSA) is 84.6 Å². The molecule has 0 spiro atoms. The van der Waals surface area contributed by atoms with Crippen molar-refractivity contribution in [2.75, 3.05) is 0 Å². The van der Waals surface area contributed by atoms with E-state index in [0.29, 0.717) is 0 Å². The predicted octanol–water partition coefficient (Wildman–Crippen LogP) is 0.547. The fraction of sp³-hybridized carbons (Fsp3) is 0.250. The first-order valence-corrected chi connectivity index (χ1v) is 5.12. The second kappa shape index (κ2) is 5.25. The monoisotopic (exact) mass is 233 g/mol. The molecule has 2 amide bonds. The second-order valence-corrected chi connectivity index (χ2v) is 3.88. The Labute approximate surface area is 99.7 Å². The first kappa shape index (κ1) is 12.9. The smallest absolute Gasteiger partial charge is 0.329 e. The van der Waals surface area contributed by atoms with Gasteiger partial charge in [0.1, 0.15) is 0 Å². The zero-order chi connectivity index (χ0) is 13.0. The first-order valence-electron chi connectivity index (χ1n) is 5.12. The third-order valence-corrected chi connectivity index (χ3v) is 2.32. The van der Waals surface area contributed by atoms with Gasteiger partial charge >= 0.3 is 11.8 Å². The van der Waals surface area contributed by atoms with Crippen molar-refractivity contribution in [3.63, 3.8) is 0 Å². The van der Waals surface area contributed by atoms with Crippen molar-refractivity contribution in [3.05, 3.63) is 34.4 Å². The van der Waals surface area contributed by atoms with Gasteiger partial charge in [0.05, 0.1) is 6.21 Å². The van der Waals surface area contributed by atoms with Gasteiger partial charge in [-0.3, -0.25) is 9.59 Å². The lowest BCUT2D eigenvalue weighted by Gasteiger charge is -2.06. The number of carbonyl (C=O) groups excluding carboxylic acids is 2. The Morgan fingerprint density at radius 3 is 2.24 bits per heavy atom. The molecule has 90 valence electrons. The number of rotatable bonds is 2. The summed E-state index contributed by atoms with van der Waals surface area (Å²) in [6.07, 6.45) is 1.50. The summed E-state index contributed by atoms with van der Waals surface area (Å²) in [6, 6.07) is 4.04. The Morgan fingerprint density at radius 1 is 1.24 bits per heavy atom. The maximum atomic E-state index is 10.9. The van der Waals surface area contributed by atoms with E-state index in [4.69, 9.17) is 5.73 Å². The van der Waals surface area contributed by atoms with E-state index in [1.807, 2.05) is 32.9 Å². The molecule has 17 heavy (non-hydrogen) atoms. The maximum absolute atomic E-state index is 10.9. The van der Waals surface area contributed by atoms with Crippen molar-refractivity contribution in [2.45, 2.75) is 20.8 Å². The minimum absolute atomic E-state index is 0.917. The van der Waals surface area contributed by atoms with E-state index in [-0.39, 0.29) is 0 Å². The Morgan fingerprint density at radius 2 is 1.76 bits per heavy atom. The molecule has 0 aliphatic rings. The van der Waals surface area contributed by atoms with Crippen LogP contribution < -0.4 is 11.2 Å².